The molecule has 0 aromatic heterocycles. The molecular formula is C5H8BrClN2. The highest BCUT2D eigenvalue weighted by atomic mass is 79.9. The van der Waals surface area contributed by atoms with E-state index in [1.165, 1.54) is 0 Å². The van der Waals surface area contributed by atoms with Crippen molar-refractivity contribution >= 4 is 33.7 Å². The summed E-state index contributed by atoms with van der Waals surface area (Å²) in [5, 5.41) is 3.97. The fourth-order valence-electron chi connectivity index (χ4n) is 0.646. The number of rotatable bonds is 1. The molecule has 0 amide bonds. The molecular weight excluding hydrogens is 203 g/mol. The lowest BCUT2D eigenvalue weighted by molar-refractivity contribution is 0.578. The van der Waals surface area contributed by atoms with Crippen molar-refractivity contribution < 1.29 is 0 Å². The highest BCUT2D eigenvalue weighted by Crippen LogP contribution is 2.05. The van der Waals surface area contributed by atoms with Gasteiger partial charge < -0.3 is 0 Å². The third-order valence-electron chi connectivity index (χ3n) is 1.17. The third-order valence-corrected chi connectivity index (χ3v) is 2.27. The van der Waals surface area contributed by atoms with Crippen molar-refractivity contribution in [1.29, 1.82) is 0 Å². The summed E-state index contributed by atoms with van der Waals surface area (Å²) in [6.45, 7) is 0.920. The topological polar surface area (TPSA) is 24.4 Å². The fourth-order valence-corrected chi connectivity index (χ4v) is 1.20. The van der Waals surface area contributed by atoms with E-state index in [1.54, 1.807) is 0 Å². The molecule has 2 nitrogen and oxygen atoms in total. The van der Waals surface area contributed by atoms with Gasteiger partial charge >= 0.3 is 0 Å². The molecule has 1 heterocycles. The first-order chi connectivity index (χ1) is 4.33. The Morgan fingerprint density at radius 1 is 1.89 bits per heavy atom. The van der Waals surface area contributed by atoms with E-state index in [2.05, 4.69) is 26.2 Å². The van der Waals surface area contributed by atoms with Crippen LogP contribution < -0.4 is 5.32 Å². The van der Waals surface area contributed by atoms with Gasteiger partial charge in [0.05, 0.1) is 0 Å². The molecule has 0 aromatic rings. The zero-order valence-electron chi connectivity index (χ0n) is 4.85. The Morgan fingerprint density at radius 3 is 3.11 bits per heavy atom. The molecule has 0 saturated carbocycles. The Hall–Kier alpha value is 0.400. The van der Waals surface area contributed by atoms with E-state index in [4.69, 9.17) is 11.6 Å². The average Bonchev–Trinajstić information content (AvgIpc) is 1.90. The van der Waals surface area contributed by atoms with E-state index in [0.717, 1.165) is 11.9 Å². The summed E-state index contributed by atoms with van der Waals surface area (Å²) in [6.07, 6.45) is 1.89. The molecule has 9 heavy (non-hydrogen) atoms. The van der Waals surface area contributed by atoms with Crippen LogP contribution in [-0.4, -0.2) is 23.7 Å². The van der Waals surface area contributed by atoms with Crippen LogP contribution in [0.15, 0.2) is 4.99 Å². The summed E-state index contributed by atoms with van der Waals surface area (Å²) >= 11 is 8.97. The van der Waals surface area contributed by atoms with E-state index < -0.39 is 0 Å². The Labute approximate surface area is 67.8 Å². The number of nitrogens with zero attached hydrogens (tertiary/aromatic N) is 1. The van der Waals surface area contributed by atoms with E-state index in [9.17, 15) is 0 Å². The number of halogens is 2. The van der Waals surface area contributed by atoms with Crippen LogP contribution in [0.5, 0.6) is 0 Å². The first-order valence-corrected chi connectivity index (χ1v) is 4.35. The number of hydrogen-bond acceptors (Lipinski definition) is 2. The molecule has 0 fully saturated rings. The lowest BCUT2D eigenvalue weighted by Gasteiger charge is -2.17. The second-order valence-corrected chi connectivity index (χ2v) is 3.02. The van der Waals surface area contributed by atoms with Crippen molar-refractivity contribution in [2.24, 2.45) is 10.9 Å². The minimum Gasteiger partial charge on any atom is -0.282 e. The lowest BCUT2D eigenvalue weighted by Crippen LogP contribution is -2.34. The van der Waals surface area contributed by atoms with Gasteiger partial charge in [0, 0.05) is 24.0 Å². The summed E-state index contributed by atoms with van der Waals surface area (Å²) in [6, 6.07) is 0. The van der Waals surface area contributed by atoms with Gasteiger partial charge in [0.25, 0.3) is 0 Å². The zero-order valence-corrected chi connectivity index (χ0v) is 7.19. The summed E-state index contributed by atoms with van der Waals surface area (Å²) in [5.74, 6) is 0.500. The van der Waals surface area contributed by atoms with Gasteiger partial charge in [-0.15, -0.1) is 0 Å². The van der Waals surface area contributed by atoms with Crippen LogP contribution in [-0.2, 0) is 0 Å². The molecule has 0 aromatic carbocycles. The van der Waals surface area contributed by atoms with Crippen LogP contribution in [0.1, 0.15) is 0 Å². The maximum Gasteiger partial charge on any atom is 0.175 e. The van der Waals surface area contributed by atoms with Gasteiger partial charge in [0.2, 0.25) is 0 Å². The van der Waals surface area contributed by atoms with Gasteiger partial charge in [-0.25, -0.2) is 0 Å². The fraction of sp³-hybridized carbons (Fsp3) is 0.800. The molecule has 52 valence electrons. The Balaban J connectivity index is 2.38. The second kappa shape index (κ2) is 3.54. The minimum atomic E-state index is -0.208. The largest absolute Gasteiger partial charge is 0.282 e. The van der Waals surface area contributed by atoms with Crippen molar-refractivity contribution in [3.05, 3.63) is 0 Å². The molecule has 0 spiro atoms. The molecule has 0 bridgehead atoms. The lowest BCUT2D eigenvalue weighted by atomic mass is 10.2. The van der Waals surface area contributed by atoms with Crippen molar-refractivity contribution in [3.8, 4) is 0 Å². The van der Waals surface area contributed by atoms with Crippen molar-refractivity contribution in [2.75, 3.05) is 11.9 Å². The number of aliphatic imine (C=N–C) groups is 1. The van der Waals surface area contributed by atoms with Crippen LogP contribution >= 0.6 is 27.5 Å². The highest BCUT2D eigenvalue weighted by molar-refractivity contribution is 9.09. The molecule has 4 heteroatoms. The van der Waals surface area contributed by atoms with Crippen molar-refractivity contribution in [3.63, 3.8) is 0 Å². The Bertz CT molecular complexity index is 118. The van der Waals surface area contributed by atoms with Crippen molar-refractivity contribution in [2.45, 2.75) is 5.62 Å². The van der Waals surface area contributed by atoms with Gasteiger partial charge in [-0.1, -0.05) is 27.5 Å². The predicted octanol–water partition coefficient (Wildman–Crippen LogP) is 1.19. The molecule has 0 aliphatic carbocycles. The van der Waals surface area contributed by atoms with Crippen LogP contribution in [0.4, 0.5) is 0 Å². The molecule has 1 aliphatic heterocycles. The summed E-state index contributed by atoms with van der Waals surface area (Å²) in [4.78, 5) is 3.98. The maximum atomic E-state index is 5.61. The van der Waals surface area contributed by atoms with E-state index in [0.29, 0.717) is 5.92 Å². The number of nitrogens with one attached hydrogen (secondary N) is 1. The zero-order chi connectivity index (χ0) is 6.69. The number of hydrogen-bond donors (Lipinski definition) is 1. The summed E-state index contributed by atoms with van der Waals surface area (Å²) < 4.78 is 0. The van der Waals surface area contributed by atoms with Crippen molar-refractivity contribution in [1.82, 2.24) is 5.32 Å². The van der Waals surface area contributed by atoms with Gasteiger partial charge in [0.1, 0.15) is 0 Å². The van der Waals surface area contributed by atoms with Crippen LogP contribution in [0.25, 0.3) is 0 Å². The Kier molecular flexibility index (Phi) is 2.95. The second-order valence-electron chi connectivity index (χ2n) is 1.96. The average molecular weight is 211 g/mol. The molecule has 2 unspecified atom stereocenters. The number of alkyl halides is 2. The predicted molar refractivity (Wildman–Crippen MR) is 43.4 cm³/mol. The summed E-state index contributed by atoms with van der Waals surface area (Å²) in [7, 11) is 0. The molecule has 1 aliphatic rings. The Morgan fingerprint density at radius 2 is 2.67 bits per heavy atom. The van der Waals surface area contributed by atoms with Gasteiger partial charge in [0.15, 0.2) is 5.62 Å². The van der Waals surface area contributed by atoms with E-state index in [-0.39, 0.29) is 5.62 Å². The normalized spacial score (nSPS) is 34.9. The van der Waals surface area contributed by atoms with Crippen LogP contribution in [0, 0.1) is 5.92 Å². The van der Waals surface area contributed by atoms with E-state index in [1.807, 2.05) is 6.21 Å². The molecule has 0 radical (unpaired) electrons. The van der Waals surface area contributed by atoms with E-state index >= 15 is 0 Å². The monoisotopic (exact) mass is 210 g/mol. The third kappa shape index (κ3) is 2.24. The van der Waals surface area contributed by atoms with Crippen LogP contribution in [0.3, 0.4) is 0 Å². The van der Waals surface area contributed by atoms with Gasteiger partial charge in [-0.2, -0.15) is 0 Å². The molecule has 2 atom stereocenters. The smallest absolute Gasteiger partial charge is 0.175 e. The van der Waals surface area contributed by atoms with Gasteiger partial charge in [-0.3, -0.25) is 10.3 Å². The quantitative estimate of drug-likeness (QED) is 0.511. The molecule has 0 saturated heterocycles. The highest BCUT2D eigenvalue weighted by Gasteiger charge is 2.11. The first-order valence-electron chi connectivity index (χ1n) is 2.79. The van der Waals surface area contributed by atoms with Gasteiger partial charge in [-0.05, 0) is 0 Å². The maximum absolute atomic E-state index is 5.61. The SMILES string of the molecule is ClC1N=CC(CBr)CN1. The molecule has 1 N–H and O–H groups in total. The minimum absolute atomic E-state index is 0.208. The van der Waals surface area contributed by atoms with Crippen LogP contribution in [0.2, 0.25) is 0 Å². The first kappa shape index (κ1) is 7.51. The molecule has 1 rings (SSSR count). The summed E-state index contributed by atoms with van der Waals surface area (Å²) in [5.41, 5.74) is -0.208. The standard InChI is InChI=1S/C5H8BrClN2/c6-1-4-2-8-5(7)9-3-4/h2,4-5,9H,1,3H2.